The van der Waals surface area contributed by atoms with Crippen LogP contribution < -0.4 is 5.32 Å². The number of aliphatic hydroxyl groups excluding tert-OH is 1. The predicted octanol–water partition coefficient (Wildman–Crippen LogP) is 4.89. The van der Waals surface area contributed by atoms with Crippen molar-refractivity contribution in [3.8, 4) is 0 Å². The molecule has 0 spiro atoms. The zero-order chi connectivity index (χ0) is 21.5. The van der Waals surface area contributed by atoms with E-state index in [1.165, 1.54) is 62.9 Å². The number of allylic oxidation sites excluding steroid dienone is 2. The monoisotopic (exact) mass is 422 g/mol. The average Bonchev–Trinajstić information content (AvgIpc) is 3.28. The third-order valence-corrected chi connectivity index (χ3v) is 7.67. The molecule has 1 heterocycles. The zero-order valence-electron chi connectivity index (χ0n) is 19.4. The van der Waals surface area contributed by atoms with Gasteiger partial charge in [0.15, 0.2) is 0 Å². The molecule has 4 rings (SSSR count). The van der Waals surface area contributed by atoms with Crippen molar-refractivity contribution in [3.05, 3.63) is 59.2 Å². The largest absolute Gasteiger partial charge is 0.392 e. The molecule has 0 amide bonds. The summed E-state index contributed by atoms with van der Waals surface area (Å²) in [6, 6.07) is 8.80. The molecule has 1 aliphatic heterocycles. The van der Waals surface area contributed by atoms with E-state index >= 15 is 0 Å². The standard InChI is InChI=1S/C28H42N2O/c1-22-8-7-10-23(18-22)9-3-4-11-26-27-20-24(19-25(27)21-28(26)31)12-13-29-14-17-30-15-5-2-6-16-30/h4,7-8,10-11,18-19,25-29,31H,2-3,5-6,9,12-17,20-21H2,1H3/b11-4+/t25-,26+,27-,28+/m0/s1. The fourth-order valence-electron chi connectivity index (χ4n) is 5.96. The fourth-order valence-corrected chi connectivity index (χ4v) is 5.96. The van der Waals surface area contributed by atoms with Crippen molar-refractivity contribution < 1.29 is 5.11 Å². The van der Waals surface area contributed by atoms with Gasteiger partial charge in [-0.15, -0.1) is 0 Å². The summed E-state index contributed by atoms with van der Waals surface area (Å²) >= 11 is 0. The number of fused-ring (bicyclic) bond motifs is 1. The van der Waals surface area contributed by atoms with E-state index in [0.717, 1.165) is 32.4 Å². The number of rotatable bonds is 10. The van der Waals surface area contributed by atoms with Crippen molar-refractivity contribution in [2.75, 3.05) is 32.7 Å². The molecule has 0 aromatic heterocycles. The summed E-state index contributed by atoms with van der Waals surface area (Å²) in [6.07, 6.45) is 16.6. The van der Waals surface area contributed by atoms with Gasteiger partial charge >= 0.3 is 0 Å². The van der Waals surface area contributed by atoms with Crippen LogP contribution >= 0.6 is 0 Å². The van der Waals surface area contributed by atoms with Crippen LogP contribution in [0.5, 0.6) is 0 Å². The van der Waals surface area contributed by atoms with E-state index in [1.54, 1.807) is 5.57 Å². The molecule has 1 aromatic rings. The summed E-state index contributed by atoms with van der Waals surface area (Å²) in [5.41, 5.74) is 4.36. The van der Waals surface area contributed by atoms with E-state index in [2.05, 4.69) is 59.6 Å². The fraction of sp³-hybridized carbons (Fsp3) is 0.643. The number of hydrogen-bond acceptors (Lipinski definition) is 3. The molecule has 1 saturated heterocycles. The summed E-state index contributed by atoms with van der Waals surface area (Å²) in [6.45, 7) is 8.15. The quantitative estimate of drug-likeness (QED) is 0.416. The van der Waals surface area contributed by atoms with Gasteiger partial charge in [0.25, 0.3) is 0 Å². The van der Waals surface area contributed by atoms with Gasteiger partial charge < -0.3 is 15.3 Å². The Bertz CT molecular complexity index is 749. The summed E-state index contributed by atoms with van der Waals surface area (Å²) in [7, 11) is 0. The number of piperidine rings is 1. The van der Waals surface area contributed by atoms with E-state index in [1.807, 2.05) is 0 Å². The van der Waals surface area contributed by atoms with E-state index < -0.39 is 0 Å². The van der Waals surface area contributed by atoms with Gasteiger partial charge in [-0.2, -0.15) is 0 Å². The van der Waals surface area contributed by atoms with Crippen LogP contribution in [0.2, 0.25) is 0 Å². The summed E-state index contributed by atoms with van der Waals surface area (Å²) in [5, 5.41) is 14.3. The highest BCUT2D eigenvalue weighted by molar-refractivity contribution is 5.23. The molecule has 3 heteroatoms. The minimum atomic E-state index is -0.161. The third kappa shape index (κ3) is 6.54. The number of nitrogens with one attached hydrogen (secondary N) is 1. The van der Waals surface area contributed by atoms with Crippen LogP contribution in [-0.2, 0) is 6.42 Å². The first kappa shape index (κ1) is 22.8. The first-order valence-electron chi connectivity index (χ1n) is 12.7. The molecule has 0 unspecified atom stereocenters. The van der Waals surface area contributed by atoms with Crippen molar-refractivity contribution in [2.24, 2.45) is 17.8 Å². The summed E-state index contributed by atoms with van der Waals surface area (Å²) < 4.78 is 0. The van der Waals surface area contributed by atoms with Crippen LogP contribution in [-0.4, -0.2) is 48.8 Å². The molecule has 0 radical (unpaired) electrons. The molecule has 2 aliphatic carbocycles. The smallest absolute Gasteiger partial charge is 0.0611 e. The number of nitrogens with zero attached hydrogens (tertiary/aromatic N) is 1. The number of benzene rings is 1. The van der Waals surface area contributed by atoms with Crippen molar-refractivity contribution in [2.45, 2.75) is 64.4 Å². The highest BCUT2D eigenvalue weighted by Crippen LogP contribution is 2.47. The Morgan fingerprint density at radius 3 is 2.84 bits per heavy atom. The number of aliphatic hydroxyl groups is 1. The van der Waals surface area contributed by atoms with Crippen molar-refractivity contribution >= 4 is 0 Å². The van der Waals surface area contributed by atoms with Gasteiger partial charge in [0, 0.05) is 19.0 Å². The Balaban J connectivity index is 1.16. The van der Waals surface area contributed by atoms with E-state index in [-0.39, 0.29) is 6.10 Å². The molecule has 2 fully saturated rings. The first-order chi connectivity index (χ1) is 15.2. The second-order valence-corrected chi connectivity index (χ2v) is 10.1. The van der Waals surface area contributed by atoms with E-state index in [0.29, 0.717) is 17.8 Å². The van der Waals surface area contributed by atoms with Crippen LogP contribution in [0.25, 0.3) is 0 Å². The molecule has 1 aromatic carbocycles. The Kier molecular flexibility index (Phi) is 8.40. The maximum absolute atomic E-state index is 10.6. The number of aryl methyl sites for hydroxylation is 2. The molecule has 2 N–H and O–H groups in total. The van der Waals surface area contributed by atoms with Crippen LogP contribution in [0.4, 0.5) is 0 Å². The van der Waals surface area contributed by atoms with Gasteiger partial charge in [-0.1, -0.05) is 60.1 Å². The minimum absolute atomic E-state index is 0.161. The second kappa shape index (κ2) is 11.4. The minimum Gasteiger partial charge on any atom is -0.392 e. The Labute approximate surface area is 189 Å². The zero-order valence-corrected chi connectivity index (χ0v) is 19.4. The van der Waals surface area contributed by atoms with Crippen LogP contribution in [0.3, 0.4) is 0 Å². The van der Waals surface area contributed by atoms with Crippen LogP contribution in [0.1, 0.15) is 56.1 Å². The summed E-state index contributed by atoms with van der Waals surface area (Å²) in [5.74, 6) is 1.54. The van der Waals surface area contributed by atoms with Crippen LogP contribution in [0, 0.1) is 24.7 Å². The maximum atomic E-state index is 10.6. The van der Waals surface area contributed by atoms with Gasteiger partial charge in [-0.25, -0.2) is 0 Å². The summed E-state index contributed by atoms with van der Waals surface area (Å²) in [4.78, 5) is 2.60. The molecule has 31 heavy (non-hydrogen) atoms. The predicted molar refractivity (Wildman–Crippen MR) is 130 cm³/mol. The highest BCUT2D eigenvalue weighted by Gasteiger charge is 2.43. The lowest BCUT2D eigenvalue weighted by molar-refractivity contribution is 0.141. The molecular formula is C28H42N2O. The lowest BCUT2D eigenvalue weighted by atomic mass is 9.89. The number of likely N-dealkylation sites (tertiary alicyclic amines) is 1. The molecule has 1 saturated carbocycles. The molecule has 3 aliphatic rings. The van der Waals surface area contributed by atoms with Gasteiger partial charge in [0.2, 0.25) is 0 Å². The van der Waals surface area contributed by atoms with Gasteiger partial charge in [0.05, 0.1) is 6.10 Å². The average molecular weight is 423 g/mol. The lowest BCUT2D eigenvalue weighted by Crippen LogP contribution is -2.36. The van der Waals surface area contributed by atoms with Crippen LogP contribution in [0.15, 0.2) is 48.1 Å². The van der Waals surface area contributed by atoms with E-state index in [4.69, 9.17) is 0 Å². The van der Waals surface area contributed by atoms with Crippen molar-refractivity contribution in [3.63, 3.8) is 0 Å². The van der Waals surface area contributed by atoms with Gasteiger partial charge in [-0.3, -0.25) is 0 Å². The Hall–Kier alpha value is -1.42. The molecular weight excluding hydrogens is 380 g/mol. The van der Waals surface area contributed by atoms with Gasteiger partial charge in [0.1, 0.15) is 0 Å². The second-order valence-electron chi connectivity index (χ2n) is 10.1. The third-order valence-electron chi connectivity index (χ3n) is 7.67. The number of hydrogen-bond donors (Lipinski definition) is 2. The van der Waals surface area contributed by atoms with Gasteiger partial charge in [-0.05, 0) is 88.9 Å². The lowest BCUT2D eigenvalue weighted by Gasteiger charge is -2.26. The highest BCUT2D eigenvalue weighted by atomic mass is 16.3. The normalized spacial score (nSPS) is 28.9. The Morgan fingerprint density at radius 2 is 2.00 bits per heavy atom. The molecule has 4 atom stereocenters. The topological polar surface area (TPSA) is 35.5 Å². The molecule has 0 bridgehead atoms. The molecule has 3 nitrogen and oxygen atoms in total. The Morgan fingerprint density at radius 1 is 1.13 bits per heavy atom. The molecule has 170 valence electrons. The van der Waals surface area contributed by atoms with Crippen molar-refractivity contribution in [1.29, 1.82) is 0 Å². The first-order valence-corrected chi connectivity index (χ1v) is 12.7. The van der Waals surface area contributed by atoms with E-state index in [9.17, 15) is 5.11 Å². The van der Waals surface area contributed by atoms with Crippen molar-refractivity contribution in [1.82, 2.24) is 10.2 Å². The SMILES string of the molecule is Cc1cccc(CC/C=C/[C@@H]2[C@H]3CC(CCNCCN4CCCCC4)=C[C@H]3C[C@H]2O)c1. The maximum Gasteiger partial charge on any atom is 0.0611 e.